The van der Waals surface area contributed by atoms with Crippen LogP contribution >= 0.6 is 0 Å². The summed E-state index contributed by atoms with van der Waals surface area (Å²) in [5.74, 6) is 1.04. The standard InChI is InChI=1S/C24H35NO3S/c1-19(2)16-21(17-24(3,4)5)25(18-20-10-8-7-9-11-20)29(26,27)23-14-12-22(28-6)13-15-23/h7-15,19,21H,16-18H2,1-6H3/t21-/m1/s1. The fourth-order valence-corrected chi connectivity index (χ4v) is 5.23. The SMILES string of the molecule is COc1ccc(S(=O)(=O)N(Cc2ccccc2)[C@H](CC(C)C)CC(C)(C)C)cc1. The van der Waals surface area contributed by atoms with Gasteiger partial charge >= 0.3 is 0 Å². The van der Waals surface area contributed by atoms with Crippen molar-refractivity contribution in [2.24, 2.45) is 11.3 Å². The van der Waals surface area contributed by atoms with Crippen LogP contribution in [0.2, 0.25) is 0 Å². The molecule has 0 aliphatic carbocycles. The van der Waals surface area contributed by atoms with E-state index >= 15 is 0 Å². The molecule has 0 N–H and O–H groups in total. The molecule has 0 bridgehead atoms. The summed E-state index contributed by atoms with van der Waals surface area (Å²) in [6.07, 6.45) is 1.62. The van der Waals surface area contributed by atoms with E-state index in [4.69, 9.17) is 4.74 Å². The molecule has 0 unspecified atom stereocenters. The molecule has 29 heavy (non-hydrogen) atoms. The third kappa shape index (κ3) is 6.86. The molecule has 0 aromatic heterocycles. The number of benzene rings is 2. The molecule has 2 aromatic carbocycles. The number of methoxy groups -OCH3 is 1. The average Bonchev–Trinajstić information content (AvgIpc) is 2.65. The van der Waals surface area contributed by atoms with E-state index in [1.807, 2.05) is 30.3 Å². The normalized spacial score (nSPS) is 13.7. The van der Waals surface area contributed by atoms with Crippen molar-refractivity contribution in [2.45, 2.75) is 64.9 Å². The third-order valence-electron chi connectivity index (χ3n) is 4.85. The van der Waals surface area contributed by atoms with Crippen LogP contribution in [0.15, 0.2) is 59.5 Å². The van der Waals surface area contributed by atoms with E-state index in [-0.39, 0.29) is 11.5 Å². The summed E-state index contributed by atoms with van der Waals surface area (Å²) in [7, 11) is -2.09. The second-order valence-electron chi connectivity index (χ2n) is 9.26. The van der Waals surface area contributed by atoms with Crippen LogP contribution in [0.4, 0.5) is 0 Å². The Labute approximate surface area is 177 Å². The number of ether oxygens (including phenoxy) is 1. The van der Waals surface area contributed by atoms with Crippen molar-refractivity contribution in [3.8, 4) is 5.75 Å². The first-order valence-corrected chi connectivity index (χ1v) is 11.7. The van der Waals surface area contributed by atoms with Crippen LogP contribution in [0.5, 0.6) is 5.75 Å². The number of nitrogens with zero attached hydrogens (tertiary/aromatic N) is 1. The van der Waals surface area contributed by atoms with Gasteiger partial charge in [-0.25, -0.2) is 8.42 Å². The van der Waals surface area contributed by atoms with Gasteiger partial charge in [0.1, 0.15) is 5.75 Å². The van der Waals surface area contributed by atoms with Gasteiger partial charge in [-0.05, 0) is 54.0 Å². The van der Waals surface area contributed by atoms with E-state index in [2.05, 4.69) is 34.6 Å². The van der Waals surface area contributed by atoms with Gasteiger partial charge in [-0.3, -0.25) is 0 Å². The van der Waals surface area contributed by atoms with E-state index < -0.39 is 10.0 Å². The molecule has 0 saturated heterocycles. The Bertz CT molecular complexity index is 853. The zero-order valence-electron chi connectivity index (χ0n) is 18.6. The van der Waals surface area contributed by atoms with Crippen molar-refractivity contribution in [1.82, 2.24) is 4.31 Å². The van der Waals surface area contributed by atoms with Gasteiger partial charge in [0.05, 0.1) is 12.0 Å². The van der Waals surface area contributed by atoms with Gasteiger partial charge in [0, 0.05) is 12.6 Å². The molecule has 2 rings (SSSR count). The molecular formula is C24H35NO3S. The zero-order valence-corrected chi connectivity index (χ0v) is 19.4. The number of hydrogen-bond acceptors (Lipinski definition) is 3. The van der Waals surface area contributed by atoms with Crippen LogP contribution in [-0.2, 0) is 16.6 Å². The lowest BCUT2D eigenvalue weighted by molar-refractivity contribution is 0.200. The van der Waals surface area contributed by atoms with Gasteiger partial charge in [-0.15, -0.1) is 0 Å². The lowest BCUT2D eigenvalue weighted by Gasteiger charge is -2.36. The van der Waals surface area contributed by atoms with Crippen molar-refractivity contribution < 1.29 is 13.2 Å². The van der Waals surface area contributed by atoms with Crippen molar-refractivity contribution in [2.75, 3.05) is 7.11 Å². The lowest BCUT2D eigenvalue weighted by atomic mass is 9.85. The first-order valence-electron chi connectivity index (χ1n) is 10.2. The molecule has 0 saturated carbocycles. The van der Waals surface area contributed by atoms with Crippen LogP contribution in [0.3, 0.4) is 0 Å². The molecule has 0 radical (unpaired) electrons. The maximum atomic E-state index is 13.7. The Hall–Kier alpha value is -1.85. The van der Waals surface area contributed by atoms with Crippen molar-refractivity contribution in [3.05, 3.63) is 60.2 Å². The minimum atomic E-state index is -3.66. The quantitative estimate of drug-likeness (QED) is 0.523. The Kier molecular flexibility index (Phi) is 7.89. The summed E-state index contributed by atoms with van der Waals surface area (Å²) in [6, 6.07) is 16.4. The van der Waals surface area contributed by atoms with Crippen molar-refractivity contribution in [1.29, 1.82) is 0 Å². The number of hydrogen-bond donors (Lipinski definition) is 0. The van der Waals surface area contributed by atoms with Gasteiger partial charge in [0.2, 0.25) is 10.0 Å². The van der Waals surface area contributed by atoms with Crippen LogP contribution < -0.4 is 4.74 Å². The highest BCUT2D eigenvalue weighted by Gasteiger charge is 2.34. The predicted molar refractivity (Wildman–Crippen MR) is 119 cm³/mol. The Balaban J connectivity index is 2.50. The zero-order chi connectivity index (χ0) is 21.7. The van der Waals surface area contributed by atoms with Crippen LogP contribution in [0.1, 0.15) is 53.0 Å². The monoisotopic (exact) mass is 417 g/mol. The highest BCUT2D eigenvalue weighted by molar-refractivity contribution is 7.89. The largest absolute Gasteiger partial charge is 0.497 e. The second kappa shape index (κ2) is 9.77. The molecule has 4 nitrogen and oxygen atoms in total. The topological polar surface area (TPSA) is 46.6 Å². The molecule has 0 amide bonds. The maximum Gasteiger partial charge on any atom is 0.243 e. The molecule has 0 heterocycles. The maximum absolute atomic E-state index is 13.7. The van der Waals surface area contributed by atoms with E-state index in [1.54, 1.807) is 35.7 Å². The van der Waals surface area contributed by atoms with Crippen molar-refractivity contribution >= 4 is 10.0 Å². The van der Waals surface area contributed by atoms with E-state index in [0.29, 0.717) is 23.1 Å². The van der Waals surface area contributed by atoms with E-state index in [0.717, 1.165) is 18.4 Å². The van der Waals surface area contributed by atoms with E-state index in [1.165, 1.54) is 0 Å². The van der Waals surface area contributed by atoms with Gasteiger partial charge in [0.25, 0.3) is 0 Å². The first kappa shape index (κ1) is 23.4. The molecule has 0 fully saturated rings. The Morgan fingerprint density at radius 2 is 1.55 bits per heavy atom. The molecule has 160 valence electrons. The summed E-state index contributed by atoms with van der Waals surface area (Å²) < 4.78 is 34.4. The summed E-state index contributed by atoms with van der Waals surface area (Å²) in [5, 5.41) is 0. The second-order valence-corrected chi connectivity index (χ2v) is 11.2. The third-order valence-corrected chi connectivity index (χ3v) is 6.76. The summed E-state index contributed by atoms with van der Waals surface area (Å²) in [6.45, 7) is 11.2. The minimum Gasteiger partial charge on any atom is -0.497 e. The van der Waals surface area contributed by atoms with Gasteiger partial charge in [-0.2, -0.15) is 4.31 Å². The molecule has 1 atom stereocenters. The van der Waals surface area contributed by atoms with Crippen LogP contribution in [0.25, 0.3) is 0 Å². The molecule has 0 spiro atoms. The highest BCUT2D eigenvalue weighted by Crippen LogP contribution is 2.32. The smallest absolute Gasteiger partial charge is 0.243 e. The summed E-state index contributed by atoms with van der Waals surface area (Å²) in [5.41, 5.74) is 1.01. The Morgan fingerprint density at radius 1 is 0.966 bits per heavy atom. The van der Waals surface area contributed by atoms with Gasteiger partial charge in [-0.1, -0.05) is 65.0 Å². The molecular weight excluding hydrogens is 382 g/mol. The van der Waals surface area contributed by atoms with Gasteiger partial charge in [0.15, 0.2) is 0 Å². The highest BCUT2D eigenvalue weighted by atomic mass is 32.2. The lowest BCUT2D eigenvalue weighted by Crippen LogP contribution is -2.42. The molecule has 0 aliphatic rings. The van der Waals surface area contributed by atoms with E-state index in [9.17, 15) is 8.42 Å². The van der Waals surface area contributed by atoms with Crippen LogP contribution in [0, 0.1) is 11.3 Å². The van der Waals surface area contributed by atoms with Gasteiger partial charge < -0.3 is 4.74 Å². The summed E-state index contributed by atoms with van der Waals surface area (Å²) in [4.78, 5) is 0.303. The number of rotatable bonds is 9. The summed E-state index contributed by atoms with van der Waals surface area (Å²) >= 11 is 0. The Morgan fingerprint density at radius 3 is 2.03 bits per heavy atom. The molecule has 0 aliphatic heterocycles. The fourth-order valence-electron chi connectivity index (χ4n) is 3.61. The predicted octanol–water partition coefficient (Wildman–Crippen LogP) is 5.74. The average molecular weight is 418 g/mol. The first-order chi connectivity index (χ1) is 13.5. The van der Waals surface area contributed by atoms with Crippen LogP contribution in [-0.4, -0.2) is 25.9 Å². The fraction of sp³-hybridized carbons (Fsp3) is 0.500. The van der Waals surface area contributed by atoms with Crippen molar-refractivity contribution in [3.63, 3.8) is 0 Å². The minimum absolute atomic E-state index is 0.0178. The molecule has 5 heteroatoms. The molecule has 2 aromatic rings. The number of sulfonamides is 1.